The van der Waals surface area contributed by atoms with Crippen LogP contribution in [0, 0.1) is 11.3 Å². The van der Waals surface area contributed by atoms with Crippen molar-refractivity contribution in [3.05, 3.63) is 59.7 Å². The van der Waals surface area contributed by atoms with Crippen molar-refractivity contribution < 1.29 is 24.2 Å². The zero-order valence-corrected chi connectivity index (χ0v) is 15.6. The van der Waals surface area contributed by atoms with Crippen molar-refractivity contribution in [1.29, 1.82) is 5.26 Å². The van der Waals surface area contributed by atoms with Crippen LogP contribution in [-0.2, 0) is 16.0 Å². The summed E-state index contributed by atoms with van der Waals surface area (Å²) in [6.45, 7) is -0.249. The van der Waals surface area contributed by atoms with Gasteiger partial charge in [0.1, 0.15) is 0 Å². The number of aliphatic carboxylic acids is 1. The van der Waals surface area contributed by atoms with Gasteiger partial charge in [0.2, 0.25) is 0 Å². The fourth-order valence-electron chi connectivity index (χ4n) is 2.69. The van der Waals surface area contributed by atoms with Crippen LogP contribution < -0.4 is 14.8 Å². The number of nitrogens with zero attached hydrogens (tertiary/aromatic N) is 1. The molecule has 0 bridgehead atoms. The number of rotatable bonds is 10. The average Bonchev–Trinajstić information content (AvgIpc) is 2.71. The highest BCUT2D eigenvalue weighted by atomic mass is 16.5. The van der Waals surface area contributed by atoms with Gasteiger partial charge in [-0.1, -0.05) is 30.3 Å². The molecule has 1 atom stereocenters. The Labute approximate surface area is 163 Å². The minimum absolute atomic E-state index is 0.0396. The Morgan fingerprint density at radius 2 is 1.93 bits per heavy atom. The number of amides is 1. The smallest absolute Gasteiger partial charge is 0.303 e. The molecule has 0 aliphatic rings. The van der Waals surface area contributed by atoms with E-state index >= 15 is 0 Å². The van der Waals surface area contributed by atoms with E-state index in [9.17, 15) is 9.59 Å². The molecule has 7 heteroatoms. The van der Waals surface area contributed by atoms with E-state index in [1.807, 2.05) is 36.4 Å². The molecule has 7 nitrogen and oxygen atoms in total. The van der Waals surface area contributed by atoms with Gasteiger partial charge in [-0.05, 0) is 30.5 Å². The molecule has 1 amide bonds. The molecule has 0 saturated carbocycles. The zero-order chi connectivity index (χ0) is 20.4. The summed E-state index contributed by atoms with van der Waals surface area (Å²) < 4.78 is 10.7. The Morgan fingerprint density at radius 3 is 2.57 bits per heavy atom. The van der Waals surface area contributed by atoms with Crippen LogP contribution in [0.2, 0.25) is 0 Å². The standard InChI is InChI=1S/C21H22N2O5/c1-27-19-12-16(13-22)7-9-18(19)28-14-20(24)23-17(8-10-21(25)26)11-15-5-3-2-4-6-15/h2-7,9,12,17H,8,10-11,14H2,1H3,(H,23,24)(H,25,26). The van der Waals surface area contributed by atoms with Gasteiger partial charge >= 0.3 is 5.97 Å². The largest absolute Gasteiger partial charge is 0.493 e. The first-order chi connectivity index (χ1) is 13.5. The predicted molar refractivity (Wildman–Crippen MR) is 102 cm³/mol. The lowest BCUT2D eigenvalue weighted by Crippen LogP contribution is -2.39. The van der Waals surface area contributed by atoms with Crippen LogP contribution in [-0.4, -0.2) is 36.7 Å². The molecule has 2 aromatic rings. The van der Waals surface area contributed by atoms with Crippen molar-refractivity contribution in [2.45, 2.75) is 25.3 Å². The van der Waals surface area contributed by atoms with Crippen LogP contribution in [0.25, 0.3) is 0 Å². The van der Waals surface area contributed by atoms with Gasteiger partial charge in [0.15, 0.2) is 18.1 Å². The van der Waals surface area contributed by atoms with Crippen LogP contribution in [0.1, 0.15) is 24.0 Å². The molecule has 28 heavy (non-hydrogen) atoms. The van der Waals surface area contributed by atoms with Gasteiger partial charge < -0.3 is 19.9 Å². The molecule has 0 heterocycles. The Hall–Kier alpha value is -3.53. The van der Waals surface area contributed by atoms with E-state index in [-0.39, 0.29) is 25.0 Å². The van der Waals surface area contributed by atoms with E-state index < -0.39 is 5.97 Å². The average molecular weight is 382 g/mol. The first kappa shape index (κ1) is 20.8. The zero-order valence-electron chi connectivity index (χ0n) is 15.6. The summed E-state index contributed by atoms with van der Waals surface area (Å²) in [4.78, 5) is 23.2. The summed E-state index contributed by atoms with van der Waals surface area (Å²) in [5, 5.41) is 20.7. The molecule has 0 saturated heterocycles. The number of carboxylic acid groups (broad SMARTS) is 1. The van der Waals surface area contributed by atoms with Gasteiger partial charge in [0.05, 0.1) is 18.7 Å². The number of carboxylic acids is 1. The van der Waals surface area contributed by atoms with Gasteiger partial charge in [0, 0.05) is 18.5 Å². The number of ether oxygens (including phenoxy) is 2. The number of hydrogen-bond acceptors (Lipinski definition) is 5. The highest BCUT2D eigenvalue weighted by molar-refractivity contribution is 5.78. The summed E-state index contributed by atoms with van der Waals surface area (Å²) in [7, 11) is 1.45. The van der Waals surface area contributed by atoms with E-state index in [2.05, 4.69) is 5.32 Å². The second-order valence-corrected chi connectivity index (χ2v) is 6.15. The van der Waals surface area contributed by atoms with Gasteiger partial charge in [-0.2, -0.15) is 5.26 Å². The molecule has 0 spiro atoms. The number of carbonyl (C=O) groups excluding carboxylic acids is 1. The van der Waals surface area contributed by atoms with Crippen molar-refractivity contribution >= 4 is 11.9 Å². The van der Waals surface area contributed by atoms with Crippen molar-refractivity contribution in [3.8, 4) is 17.6 Å². The monoisotopic (exact) mass is 382 g/mol. The number of nitriles is 1. The third kappa shape index (κ3) is 6.65. The highest BCUT2D eigenvalue weighted by Crippen LogP contribution is 2.27. The topological polar surface area (TPSA) is 109 Å². The number of benzene rings is 2. The summed E-state index contributed by atoms with van der Waals surface area (Å²) in [5.74, 6) is -0.566. The van der Waals surface area contributed by atoms with Crippen LogP contribution in [0.15, 0.2) is 48.5 Å². The normalized spacial score (nSPS) is 11.1. The van der Waals surface area contributed by atoms with Crippen molar-refractivity contribution in [2.24, 2.45) is 0 Å². The van der Waals surface area contributed by atoms with Crippen molar-refractivity contribution in [3.63, 3.8) is 0 Å². The first-order valence-corrected chi connectivity index (χ1v) is 8.78. The molecule has 0 aliphatic heterocycles. The quantitative estimate of drug-likeness (QED) is 0.654. The molecule has 2 aromatic carbocycles. The van der Waals surface area contributed by atoms with Crippen molar-refractivity contribution in [1.82, 2.24) is 5.32 Å². The lowest BCUT2D eigenvalue weighted by atomic mass is 10.0. The molecule has 146 valence electrons. The number of carbonyl (C=O) groups is 2. The lowest BCUT2D eigenvalue weighted by Gasteiger charge is -2.19. The third-order valence-electron chi connectivity index (χ3n) is 4.05. The van der Waals surface area contributed by atoms with Crippen LogP contribution >= 0.6 is 0 Å². The van der Waals surface area contributed by atoms with E-state index in [1.165, 1.54) is 13.2 Å². The molecule has 2 rings (SSSR count). The molecular formula is C21H22N2O5. The maximum absolute atomic E-state index is 12.3. The van der Waals surface area contributed by atoms with E-state index in [0.29, 0.717) is 29.9 Å². The minimum Gasteiger partial charge on any atom is -0.493 e. The fourth-order valence-corrected chi connectivity index (χ4v) is 2.69. The lowest BCUT2D eigenvalue weighted by molar-refractivity contribution is -0.137. The van der Waals surface area contributed by atoms with Crippen molar-refractivity contribution in [2.75, 3.05) is 13.7 Å². The number of methoxy groups -OCH3 is 1. The summed E-state index contributed by atoms with van der Waals surface area (Å²) >= 11 is 0. The first-order valence-electron chi connectivity index (χ1n) is 8.78. The van der Waals surface area contributed by atoms with Gasteiger partial charge in [-0.25, -0.2) is 0 Å². The summed E-state index contributed by atoms with van der Waals surface area (Å²) in [6, 6.07) is 15.9. The number of hydrogen-bond donors (Lipinski definition) is 2. The second-order valence-electron chi connectivity index (χ2n) is 6.15. The molecule has 0 radical (unpaired) electrons. The predicted octanol–water partition coefficient (Wildman–Crippen LogP) is 2.54. The third-order valence-corrected chi connectivity index (χ3v) is 4.05. The van der Waals surface area contributed by atoms with E-state index in [0.717, 1.165) is 5.56 Å². The summed E-state index contributed by atoms with van der Waals surface area (Å²) in [5.41, 5.74) is 1.43. The van der Waals surface area contributed by atoms with E-state index in [4.69, 9.17) is 19.8 Å². The molecule has 2 N–H and O–H groups in total. The maximum Gasteiger partial charge on any atom is 0.303 e. The number of nitrogens with one attached hydrogen (secondary N) is 1. The van der Waals surface area contributed by atoms with E-state index in [1.54, 1.807) is 12.1 Å². The van der Waals surface area contributed by atoms with Gasteiger partial charge in [-0.15, -0.1) is 0 Å². The SMILES string of the molecule is COc1cc(C#N)ccc1OCC(=O)NC(CCC(=O)O)Cc1ccccc1. The molecular weight excluding hydrogens is 360 g/mol. The van der Waals surface area contributed by atoms with Crippen LogP contribution in [0.5, 0.6) is 11.5 Å². The Morgan fingerprint density at radius 1 is 1.18 bits per heavy atom. The fraction of sp³-hybridized carbons (Fsp3) is 0.286. The molecule has 0 aliphatic carbocycles. The molecule has 1 unspecified atom stereocenters. The second kappa shape index (κ2) is 10.6. The molecule has 0 fully saturated rings. The maximum atomic E-state index is 12.3. The Bertz CT molecular complexity index is 846. The van der Waals surface area contributed by atoms with Gasteiger partial charge in [0.25, 0.3) is 5.91 Å². The Balaban J connectivity index is 1.97. The molecule has 0 aromatic heterocycles. The highest BCUT2D eigenvalue weighted by Gasteiger charge is 2.16. The summed E-state index contributed by atoms with van der Waals surface area (Å²) in [6.07, 6.45) is 0.804. The van der Waals surface area contributed by atoms with Gasteiger partial charge in [-0.3, -0.25) is 9.59 Å². The van der Waals surface area contributed by atoms with Crippen LogP contribution in [0.4, 0.5) is 0 Å². The van der Waals surface area contributed by atoms with Crippen LogP contribution in [0.3, 0.4) is 0 Å². The minimum atomic E-state index is -0.911. The Kier molecular flexibility index (Phi) is 7.85.